The molecule has 0 aliphatic carbocycles. The Hall–Kier alpha value is -2.93. The van der Waals surface area contributed by atoms with E-state index in [9.17, 15) is 4.79 Å². The number of ether oxygens (including phenoxy) is 1. The van der Waals surface area contributed by atoms with Gasteiger partial charge in [0.15, 0.2) is 6.61 Å². The number of carboxylic acid groups (broad SMARTS) is 1. The van der Waals surface area contributed by atoms with Gasteiger partial charge < -0.3 is 9.84 Å². The van der Waals surface area contributed by atoms with Gasteiger partial charge in [-0.3, -0.25) is 5.43 Å². The Morgan fingerprint density at radius 3 is 2.87 bits per heavy atom. The van der Waals surface area contributed by atoms with Gasteiger partial charge in [-0.2, -0.15) is 5.10 Å². The lowest BCUT2D eigenvalue weighted by molar-refractivity contribution is -0.139. The van der Waals surface area contributed by atoms with Crippen LogP contribution in [0.1, 0.15) is 5.56 Å². The molecule has 0 saturated carbocycles. The predicted octanol–water partition coefficient (Wildman–Crippen LogP) is 3.21. The molecule has 2 N–H and O–H groups in total. The van der Waals surface area contributed by atoms with Crippen LogP contribution in [0.2, 0.25) is 0 Å². The monoisotopic (exact) mass is 327 g/mol. The molecule has 0 spiro atoms. The molecule has 116 valence electrons. The summed E-state index contributed by atoms with van der Waals surface area (Å²) in [4.78, 5) is 15.0. The molecule has 23 heavy (non-hydrogen) atoms. The third-order valence-corrected chi connectivity index (χ3v) is 3.87. The lowest BCUT2D eigenvalue weighted by Crippen LogP contribution is -2.10. The molecule has 0 atom stereocenters. The first-order valence-electron chi connectivity index (χ1n) is 6.80. The van der Waals surface area contributed by atoms with E-state index in [1.54, 1.807) is 24.4 Å². The van der Waals surface area contributed by atoms with E-state index < -0.39 is 12.6 Å². The zero-order valence-corrected chi connectivity index (χ0v) is 12.8. The molecule has 7 heteroatoms. The molecule has 0 amide bonds. The molecular weight excluding hydrogens is 314 g/mol. The molecule has 0 radical (unpaired) electrons. The Kier molecular flexibility index (Phi) is 4.49. The molecule has 0 bridgehead atoms. The standard InChI is InChI=1S/C16H13N3O3S/c20-15(21)10-22-13-7-3-1-5-11(13)9-17-19-16-18-12-6-2-4-8-14(12)23-16/h1-9H,10H2,(H,18,19)(H,20,21)/b17-9+. The van der Waals surface area contributed by atoms with Crippen LogP contribution in [-0.2, 0) is 4.79 Å². The molecule has 0 unspecified atom stereocenters. The number of thiazole rings is 1. The van der Waals surface area contributed by atoms with Crippen molar-refractivity contribution in [3.63, 3.8) is 0 Å². The molecule has 6 nitrogen and oxygen atoms in total. The number of benzene rings is 2. The number of carboxylic acids is 1. The van der Waals surface area contributed by atoms with Crippen molar-refractivity contribution in [3.8, 4) is 5.75 Å². The van der Waals surface area contributed by atoms with Gasteiger partial charge in [-0.1, -0.05) is 35.6 Å². The maximum Gasteiger partial charge on any atom is 0.341 e. The minimum absolute atomic E-state index is 0.393. The van der Waals surface area contributed by atoms with Gasteiger partial charge in [0.25, 0.3) is 0 Å². The van der Waals surface area contributed by atoms with Crippen molar-refractivity contribution in [3.05, 3.63) is 54.1 Å². The van der Waals surface area contributed by atoms with Crippen molar-refractivity contribution < 1.29 is 14.6 Å². The van der Waals surface area contributed by atoms with E-state index in [1.165, 1.54) is 11.3 Å². The van der Waals surface area contributed by atoms with E-state index in [0.29, 0.717) is 16.4 Å². The number of rotatable bonds is 6. The summed E-state index contributed by atoms with van der Waals surface area (Å²) in [5.74, 6) is -0.561. The number of hydrazone groups is 1. The van der Waals surface area contributed by atoms with Gasteiger partial charge in [0.05, 0.1) is 16.4 Å². The first-order chi connectivity index (χ1) is 11.2. The average molecular weight is 327 g/mol. The van der Waals surface area contributed by atoms with Gasteiger partial charge in [0, 0.05) is 5.56 Å². The number of hydrogen-bond donors (Lipinski definition) is 2. The normalized spacial score (nSPS) is 11.0. The summed E-state index contributed by atoms with van der Waals surface area (Å²) in [5, 5.41) is 13.5. The second-order valence-electron chi connectivity index (χ2n) is 4.58. The van der Waals surface area contributed by atoms with Crippen molar-refractivity contribution in [2.45, 2.75) is 0 Å². The van der Waals surface area contributed by atoms with Crippen molar-refractivity contribution in [2.75, 3.05) is 12.0 Å². The number of hydrogen-bond acceptors (Lipinski definition) is 6. The van der Waals surface area contributed by atoms with Crippen molar-refractivity contribution in [1.82, 2.24) is 4.98 Å². The van der Waals surface area contributed by atoms with Gasteiger partial charge in [-0.15, -0.1) is 0 Å². The molecule has 0 aliphatic rings. The maximum atomic E-state index is 10.6. The lowest BCUT2D eigenvalue weighted by Gasteiger charge is -2.05. The average Bonchev–Trinajstić information content (AvgIpc) is 2.96. The topological polar surface area (TPSA) is 83.8 Å². The molecular formula is C16H13N3O3S. The van der Waals surface area contributed by atoms with E-state index in [0.717, 1.165) is 10.2 Å². The fourth-order valence-corrected chi connectivity index (χ4v) is 2.75. The van der Waals surface area contributed by atoms with Crippen LogP contribution in [0, 0.1) is 0 Å². The molecule has 0 aliphatic heterocycles. The SMILES string of the molecule is O=C(O)COc1ccccc1/C=N/Nc1nc2ccccc2s1. The third-order valence-electron chi connectivity index (χ3n) is 2.93. The Balaban J connectivity index is 1.71. The minimum Gasteiger partial charge on any atom is -0.481 e. The summed E-state index contributed by atoms with van der Waals surface area (Å²) < 4.78 is 6.30. The summed E-state index contributed by atoms with van der Waals surface area (Å²) in [6.45, 7) is -0.393. The largest absolute Gasteiger partial charge is 0.481 e. The highest BCUT2D eigenvalue weighted by atomic mass is 32.1. The summed E-state index contributed by atoms with van der Waals surface area (Å²) in [6.07, 6.45) is 1.57. The highest BCUT2D eigenvalue weighted by Gasteiger charge is 2.04. The Labute approximate surface area is 136 Å². The highest BCUT2D eigenvalue weighted by Crippen LogP contribution is 2.25. The molecule has 3 rings (SSSR count). The fourth-order valence-electron chi connectivity index (χ4n) is 1.94. The fraction of sp³-hybridized carbons (Fsp3) is 0.0625. The van der Waals surface area contributed by atoms with E-state index >= 15 is 0 Å². The zero-order chi connectivity index (χ0) is 16.1. The number of nitrogens with one attached hydrogen (secondary N) is 1. The summed E-state index contributed by atoms with van der Waals surface area (Å²) >= 11 is 1.51. The molecule has 1 aromatic heterocycles. The van der Waals surface area contributed by atoms with Crippen molar-refractivity contribution in [1.29, 1.82) is 0 Å². The van der Waals surface area contributed by atoms with Crippen LogP contribution in [0.5, 0.6) is 5.75 Å². The number of para-hydroxylation sites is 2. The second kappa shape index (κ2) is 6.89. The van der Waals surface area contributed by atoms with Crippen LogP contribution < -0.4 is 10.2 Å². The van der Waals surface area contributed by atoms with E-state index in [1.807, 2.05) is 30.3 Å². The van der Waals surface area contributed by atoms with Crippen molar-refractivity contribution in [2.24, 2.45) is 5.10 Å². The molecule has 0 fully saturated rings. The van der Waals surface area contributed by atoms with Crippen LogP contribution in [0.4, 0.5) is 5.13 Å². The number of aliphatic carboxylic acids is 1. The smallest absolute Gasteiger partial charge is 0.341 e. The van der Waals surface area contributed by atoms with Crippen LogP contribution in [0.15, 0.2) is 53.6 Å². The molecule has 3 aromatic rings. The number of fused-ring (bicyclic) bond motifs is 1. The third kappa shape index (κ3) is 3.83. The van der Waals surface area contributed by atoms with E-state index in [4.69, 9.17) is 9.84 Å². The molecule has 2 aromatic carbocycles. The second-order valence-corrected chi connectivity index (χ2v) is 5.61. The van der Waals surface area contributed by atoms with Crippen LogP contribution in [0.3, 0.4) is 0 Å². The number of aromatic nitrogens is 1. The van der Waals surface area contributed by atoms with Crippen LogP contribution in [0.25, 0.3) is 10.2 Å². The van der Waals surface area contributed by atoms with Crippen LogP contribution >= 0.6 is 11.3 Å². The summed E-state index contributed by atoms with van der Waals surface area (Å²) in [7, 11) is 0. The number of anilines is 1. The van der Waals surface area contributed by atoms with Gasteiger partial charge in [0.1, 0.15) is 5.75 Å². The van der Waals surface area contributed by atoms with Crippen molar-refractivity contribution >= 4 is 38.9 Å². The quantitative estimate of drug-likeness (QED) is 0.536. The Morgan fingerprint density at radius 2 is 2.04 bits per heavy atom. The zero-order valence-electron chi connectivity index (χ0n) is 12.0. The van der Waals surface area contributed by atoms with E-state index in [2.05, 4.69) is 15.5 Å². The Morgan fingerprint density at radius 1 is 1.26 bits per heavy atom. The molecule has 1 heterocycles. The maximum absolute atomic E-state index is 10.6. The lowest BCUT2D eigenvalue weighted by atomic mass is 10.2. The molecule has 0 saturated heterocycles. The first-order valence-corrected chi connectivity index (χ1v) is 7.62. The first kappa shape index (κ1) is 15.0. The van der Waals surface area contributed by atoms with Gasteiger partial charge in [-0.05, 0) is 24.3 Å². The number of nitrogens with zero attached hydrogens (tertiary/aromatic N) is 2. The summed E-state index contributed by atoms with van der Waals surface area (Å²) in [6, 6.07) is 14.9. The van der Waals surface area contributed by atoms with Crippen LogP contribution in [-0.4, -0.2) is 28.9 Å². The summed E-state index contributed by atoms with van der Waals surface area (Å²) in [5.41, 5.74) is 4.48. The predicted molar refractivity (Wildman–Crippen MR) is 90.4 cm³/mol. The number of carbonyl (C=O) groups is 1. The minimum atomic E-state index is -1.02. The van der Waals surface area contributed by atoms with Gasteiger partial charge >= 0.3 is 5.97 Å². The Bertz CT molecular complexity index is 827. The van der Waals surface area contributed by atoms with Gasteiger partial charge in [0.2, 0.25) is 5.13 Å². The highest BCUT2D eigenvalue weighted by molar-refractivity contribution is 7.22. The van der Waals surface area contributed by atoms with Gasteiger partial charge in [-0.25, -0.2) is 9.78 Å². The van der Waals surface area contributed by atoms with E-state index in [-0.39, 0.29) is 0 Å².